The van der Waals surface area contributed by atoms with Crippen LogP contribution in [-0.4, -0.2) is 29.8 Å². The summed E-state index contributed by atoms with van der Waals surface area (Å²) in [5.41, 5.74) is 3.57. The first-order chi connectivity index (χ1) is 17.8. The Balaban J connectivity index is 1.31. The molecule has 194 valence electrons. The maximum atomic E-state index is 14.2. The van der Waals surface area contributed by atoms with E-state index < -0.39 is 0 Å². The third-order valence-electron chi connectivity index (χ3n) is 10.8. The van der Waals surface area contributed by atoms with Gasteiger partial charge in [-0.15, -0.1) is 0 Å². The monoisotopic (exact) mass is 496 g/mol. The van der Waals surface area contributed by atoms with Crippen molar-refractivity contribution in [2.75, 3.05) is 7.05 Å². The lowest BCUT2D eigenvalue weighted by Crippen LogP contribution is -2.63. The second kappa shape index (κ2) is 9.15. The largest absolute Gasteiger partial charge is 0.352 e. The summed E-state index contributed by atoms with van der Waals surface area (Å²) in [7, 11) is 1.95. The number of likely N-dealkylation sites (N-methyl/N-ethyl adjacent to an activating group) is 1. The first-order valence-electron chi connectivity index (χ1n) is 14.2. The summed E-state index contributed by atoms with van der Waals surface area (Å²) < 4.78 is 0. The summed E-state index contributed by atoms with van der Waals surface area (Å²) in [4.78, 5) is 28.7. The van der Waals surface area contributed by atoms with Crippen LogP contribution < -0.4 is 5.32 Å². The molecule has 0 radical (unpaired) electrons. The van der Waals surface area contributed by atoms with Crippen LogP contribution in [0.3, 0.4) is 0 Å². The molecule has 3 saturated carbocycles. The fourth-order valence-electron chi connectivity index (χ4n) is 9.08. The van der Waals surface area contributed by atoms with E-state index in [1.54, 1.807) is 6.08 Å². The molecule has 3 aliphatic carbocycles. The number of carbonyl (C=O) groups is 2. The molecular formula is C33H40N2O2. The van der Waals surface area contributed by atoms with E-state index in [1.165, 1.54) is 30.4 Å². The van der Waals surface area contributed by atoms with Crippen molar-refractivity contribution in [3.8, 4) is 11.1 Å². The summed E-state index contributed by atoms with van der Waals surface area (Å²) in [6.07, 6.45) is 10.9. The fraction of sp³-hybridized carbons (Fsp3) is 0.515. The van der Waals surface area contributed by atoms with Gasteiger partial charge in [0.25, 0.3) is 0 Å². The van der Waals surface area contributed by atoms with Crippen LogP contribution in [0.25, 0.3) is 11.1 Å². The Morgan fingerprint density at radius 1 is 1.03 bits per heavy atom. The normalized spacial score (nSPS) is 36.5. The van der Waals surface area contributed by atoms with Crippen LogP contribution in [0.4, 0.5) is 0 Å². The highest BCUT2D eigenvalue weighted by molar-refractivity contribution is 5.89. The van der Waals surface area contributed by atoms with Gasteiger partial charge in [0.2, 0.25) is 11.8 Å². The van der Waals surface area contributed by atoms with Gasteiger partial charge in [-0.1, -0.05) is 80.9 Å². The van der Waals surface area contributed by atoms with Crippen molar-refractivity contribution >= 4 is 11.8 Å². The van der Waals surface area contributed by atoms with E-state index in [9.17, 15) is 9.59 Å². The number of nitrogens with one attached hydrogen (secondary N) is 1. The molecule has 2 aromatic carbocycles. The third-order valence-corrected chi connectivity index (χ3v) is 10.8. The van der Waals surface area contributed by atoms with Crippen LogP contribution in [0.2, 0.25) is 0 Å². The van der Waals surface area contributed by atoms with Gasteiger partial charge in [0.1, 0.15) is 0 Å². The molecule has 0 spiro atoms. The van der Waals surface area contributed by atoms with Crippen LogP contribution in [0.5, 0.6) is 0 Å². The second-order valence-corrected chi connectivity index (χ2v) is 12.6. The topological polar surface area (TPSA) is 49.4 Å². The zero-order valence-electron chi connectivity index (χ0n) is 22.5. The number of hydrogen-bond donors (Lipinski definition) is 1. The fourth-order valence-corrected chi connectivity index (χ4v) is 9.08. The number of rotatable bonds is 4. The van der Waals surface area contributed by atoms with Crippen LogP contribution in [0.15, 0.2) is 66.7 Å². The minimum absolute atomic E-state index is 0.0349. The molecule has 7 atom stereocenters. The standard InChI is InChI=1S/C33H40N2O2/c1-32-18-9-14-27(32)25-15-16-28-33(2,19-17-29(36)35(28)3)30(25)26(20-32)31(37)34-21-23-12-7-8-13-24(23)22-10-5-4-6-11-22/h4-8,10-13,17,19,25-28,30H,9,14-16,18,20-21H2,1-3H3,(H,34,37)/t25-,26?,27-,28?,30-,32-,33-/m0/s1. The number of fused-ring (bicyclic) bond motifs is 5. The maximum Gasteiger partial charge on any atom is 0.246 e. The van der Waals surface area contributed by atoms with Crippen molar-refractivity contribution < 1.29 is 9.59 Å². The average Bonchev–Trinajstić information content (AvgIpc) is 3.31. The highest BCUT2D eigenvalue weighted by Gasteiger charge is 2.62. The molecule has 0 aromatic heterocycles. The van der Waals surface area contributed by atoms with Crippen molar-refractivity contribution in [1.29, 1.82) is 0 Å². The average molecular weight is 497 g/mol. The molecule has 1 aliphatic heterocycles. The van der Waals surface area contributed by atoms with Crippen molar-refractivity contribution in [2.45, 2.75) is 65.0 Å². The summed E-state index contributed by atoms with van der Waals surface area (Å²) in [5.74, 6) is 1.75. The van der Waals surface area contributed by atoms with Crippen molar-refractivity contribution in [1.82, 2.24) is 10.2 Å². The summed E-state index contributed by atoms with van der Waals surface area (Å²) in [5, 5.41) is 3.40. The Hall–Kier alpha value is -2.88. The number of nitrogens with zero attached hydrogens (tertiary/aromatic N) is 1. The third kappa shape index (κ3) is 3.95. The van der Waals surface area contributed by atoms with Gasteiger partial charge >= 0.3 is 0 Å². The zero-order valence-corrected chi connectivity index (χ0v) is 22.5. The Labute approximate surface area is 221 Å². The quantitative estimate of drug-likeness (QED) is 0.546. The van der Waals surface area contributed by atoms with Crippen LogP contribution in [0, 0.1) is 34.5 Å². The van der Waals surface area contributed by atoms with Gasteiger partial charge in [0.15, 0.2) is 0 Å². The van der Waals surface area contributed by atoms with Crippen molar-refractivity contribution in [3.05, 3.63) is 72.3 Å². The van der Waals surface area contributed by atoms with Crippen LogP contribution >= 0.6 is 0 Å². The lowest BCUT2D eigenvalue weighted by atomic mass is 9.45. The molecule has 4 nitrogen and oxygen atoms in total. The van der Waals surface area contributed by atoms with Gasteiger partial charge in [0, 0.05) is 31.0 Å². The highest BCUT2D eigenvalue weighted by Crippen LogP contribution is 2.65. The van der Waals surface area contributed by atoms with Gasteiger partial charge in [-0.3, -0.25) is 9.59 Å². The Morgan fingerprint density at radius 3 is 2.59 bits per heavy atom. The Kier molecular flexibility index (Phi) is 6.05. The number of hydrogen-bond acceptors (Lipinski definition) is 2. The first kappa shape index (κ1) is 24.5. The molecule has 3 fully saturated rings. The predicted octanol–water partition coefficient (Wildman–Crippen LogP) is 6.23. The van der Waals surface area contributed by atoms with Crippen molar-refractivity contribution in [3.63, 3.8) is 0 Å². The zero-order chi connectivity index (χ0) is 25.8. The maximum absolute atomic E-state index is 14.2. The van der Waals surface area contributed by atoms with E-state index in [0.29, 0.717) is 18.4 Å². The molecular weight excluding hydrogens is 456 g/mol. The van der Waals surface area contributed by atoms with E-state index in [0.717, 1.165) is 24.8 Å². The van der Waals surface area contributed by atoms with Gasteiger partial charge in [-0.2, -0.15) is 0 Å². The Bertz CT molecular complexity index is 1220. The van der Waals surface area contributed by atoms with E-state index in [2.05, 4.69) is 73.8 Å². The minimum Gasteiger partial charge on any atom is -0.352 e. The molecule has 2 unspecified atom stereocenters. The van der Waals surface area contributed by atoms with Gasteiger partial charge < -0.3 is 10.2 Å². The van der Waals surface area contributed by atoms with Gasteiger partial charge in [-0.05, 0) is 78.0 Å². The highest BCUT2D eigenvalue weighted by atomic mass is 16.2. The number of amides is 2. The number of benzene rings is 2. The molecule has 1 N–H and O–H groups in total. The van der Waals surface area contributed by atoms with Crippen LogP contribution in [0.1, 0.15) is 57.9 Å². The SMILES string of the molecule is CN1C(=O)C=C[C@@]2(C)C1CC[C@@H]1[C@H]2C(C(=O)NCc2ccccc2-c2ccccc2)C[C@]2(C)CCC[C@@H]12. The van der Waals surface area contributed by atoms with Crippen LogP contribution in [-0.2, 0) is 16.1 Å². The molecule has 2 amide bonds. The van der Waals surface area contributed by atoms with E-state index >= 15 is 0 Å². The molecule has 37 heavy (non-hydrogen) atoms. The molecule has 0 bridgehead atoms. The first-order valence-corrected chi connectivity index (χ1v) is 14.2. The van der Waals surface area contributed by atoms with Crippen molar-refractivity contribution in [2.24, 2.45) is 34.5 Å². The molecule has 4 aliphatic rings. The smallest absolute Gasteiger partial charge is 0.246 e. The molecule has 2 aromatic rings. The second-order valence-electron chi connectivity index (χ2n) is 12.6. The summed E-state index contributed by atoms with van der Waals surface area (Å²) >= 11 is 0. The number of carbonyl (C=O) groups excluding carboxylic acids is 2. The minimum atomic E-state index is -0.167. The Morgan fingerprint density at radius 2 is 1.78 bits per heavy atom. The summed E-state index contributed by atoms with van der Waals surface area (Å²) in [6, 6.07) is 19.0. The van der Waals surface area contributed by atoms with E-state index in [1.807, 2.05) is 18.0 Å². The molecule has 0 saturated heterocycles. The predicted molar refractivity (Wildman–Crippen MR) is 147 cm³/mol. The van der Waals surface area contributed by atoms with E-state index in [-0.39, 0.29) is 40.5 Å². The van der Waals surface area contributed by atoms with Gasteiger partial charge in [0.05, 0.1) is 0 Å². The van der Waals surface area contributed by atoms with Gasteiger partial charge in [-0.25, -0.2) is 0 Å². The molecule has 4 heteroatoms. The summed E-state index contributed by atoms with van der Waals surface area (Å²) in [6.45, 7) is 5.31. The molecule has 6 rings (SSSR count). The lowest BCUT2D eigenvalue weighted by Gasteiger charge is -2.61. The lowest BCUT2D eigenvalue weighted by molar-refractivity contribution is -0.154. The molecule has 1 heterocycles. The van der Waals surface area contributed by atoms with E-state index in [4.69, 9.17) is 0 Å².